The van der Waals surface area contributed by atoms with Gasteiger partial charge in [-0.1, -0.05) is 12.1 Å². The van der Waals surface area contributed by atoms with E-state index < -0.39 is 0 Å². The quantitative estimate of drug-likeness (QED) is 0.620. The van der Waals surface area contributed by atoms with Crippen LogP contribution in [0.4, 0.5) is 0 Å². The zero-order valence-corrected chi connectivity index (χ0v) is 9.04. The second kappa shape index (κ2) is 3.21. The van der Waals surface area contributed by atoms with E-state index in [9.17, 15) is 0 Å². The molecule has 3 rings (SSSR count). The molecule has 74 valence electrons. The van der Waals surface area contributed by atoms with Gasteiger partial charge in [0.05, 0.1) is 22.8 Å². The minimum Gasteiger partial charge on any atom is -0.497 e. The Morgan fingerprint density at radius 3 is 2.93 bits per heavy atom. The van der Waals surface area contributed by atoms with Crippen molar-refractivity contribution in [1.82, 2.24) is 4.98 Å². The van der Waals surface area contributed by atoms with Gasteiger partial charge in [-0.05, 0) is 23.6 Å². The molecular formula is C12H9NOS. The number of fused-ring (bicyclic) bond motifs is 3. The van der Waals surface area contributed by atoms with E-state index in [1.165, 1.54) is 15.5 Å². The first-order chi connectivity index (χ1) is 7.38. The van der Waals surface area contributed by atoms with E-state index in [0.717, 1.165) is 11.3 Å². The Kier molecular flexibility index (Phi) is 1.86. The average Bonchev–Trinajstić information content (AvgIpc) is 2.76. The van der Waals surface area contributed by atoms with Crippen LogP contribution < -0.4 is 4.74 Å². The predicted octanol–water partition coefficient (Wildman–Crippen LogP) is 3.46. The molecule has 0 N–H and O–H groups in total. The molecule has 2 nitrogen and oxygen atoms in total. The lowest BCUT2D eigenvalue weighted by Gasteiger charge is -2.02. The Balaban J connectivity index is 2.48. The van der Waals surface area contributed by atoms with Crippen LogP contribution in [0.1, 0.15) is 0 Å². The van der Waals surface area contributed by atoms with Crippen molar-refractivity contribution in [3.05, 3.63) is 35.8 Å². The summed E-state index contributed by atoms with van der Waals surface area (Å²) in [5, 5.41) is 2.45. The Hall–Kier alpha value is -1.61. The molecule has 3 heteroatoms. The first kappa shape index (κ1) is 8.68. The predicted molar refractivity (Wildman–Crippen MR) is 63.7 cm³/mol. The molecule has 1 aromatic heterocycles. The van der Waals surface area contributed by atoms with Gasteiger partial charge in [0.25, 0.3) is 0 Å². The number of hydrogen-bond donors (Lipinski definition) is 0. The Bertz CT molecular complexity index is 630. The highest BCUT2D eigenvalue weighted by molar-refractivity contribution is 7.17. The second-order valence-electron chi connectivity index (χ2n) is 3.35. The number of rotatable bonds is 1. The van der Waals surface area contributed by atoms with Crippen molar-refractivity contribution < 1.29 is 4.74 Å². The van der Waals surface area contributed by atoms with Gasteiger partial charge in [-0.15, -0.1) is 11.3 Å². The van der Waals surface area contributed by atoms with Gasteiger partial charge in [0.2, 0.25) is 0 Å². The summed E-state index contributed by atoms with van der Waals surface area (Å²) in [5.74, 6) is 0.892. The minimum absolute atomic E-state index is 0.892. The van der Waals surface area contributed by atoms with Gasteiger partial charge in [-0.3, -0.25) is 0 Å². The highest BCUT2D eigenvalue weighted by Crippen LogP contribution is 2.30. The Labute approximate surface area is 91.1 Å². The SMILES string of the molecule is COc1ccc2ccc3ncsc3c2c1. The van der Waals surface area contributed by atoms with E-state index in [2.05, 4.69) is 29.2 Å². The summed E-state index contributed by atoms with van der Waals surface area (Å²) < 4.78 is 6.46. The van der Waals surface area contributed by atoms with Crippen LogP contribution in [0.3, 0.4) is 0 Å². The normalized spacial score (nSPS) is 11.0. The van der Waals surface area contributed by atoms with E-state index >= 15 is 0 Å². The number of thiazole rings is 1. The first-order valence-electron chi connectivity index (χ1n) is 4.68. The monoisotopic (exact) mass is 215 g/mol. The van der Waals surface area contributed by atoms with Crippen LogP contribution in [0.15, 0.2) is 35.8 Å². The summed E-state index contributed by atoms with van der Waals surface area (Å²) in [5.41, 5.74) is 2.93. The molecular weight excluding hydrogens is 206 g/mol. The van der Waals surface area contributed by atoms with Gasteiger partial charge in [0.15, 0.2) is 0 Å². The molecule has 0 bridgehead atoms. The highest BCUT2D eigenvalue weighted by Gasteiger charge is 2.03. The number of aromatic nitrogens is 1. The molecule has 1 heterocycles. The third kappa shape index (κ3) is 1.27. The molecule has 0 spiro atoms. The zero-order chi connectivity index (χ0) is 10.3. The van der Waals surface area contributed by atoms with Crippen LogP contribution in [0.25, 0.3) is 21.0 Å². The minimum atomic E-state index is 0.892. The number of hydrogen-bond acceptors (Lipinski definition) is 3. The lowest BCUT2D eigenvalue weighted by Crippen LogP contribution is -1.82. The summed E-state index contributed by atoms with van der Waals surface area (Å²) in [6.07, 6.45) is 0. The van der Waals surface area contributed by atoms with Crippen molar-refractivity contribution in [3.8, 4) is 5.75 Å². The maximum atomic E-state index is 5.23. The van der Waals surface area contributed by atoms with Crippen molar-refractivity contribution in [3.63, 3.8) is 0 Å². The van der Waals surface area contributed by atoms with E-state index in [0.29, 0.717) is 0 Å². The van der Waals surface area contributed by atoms with Crippen molar-refractivity contribution in [2.75, 3.05) is 7.11 Å². The fraction of sp³-hybridized carbons (Fsp3) is 0.0833. The van der Waals surface area contributed by atoms with Crippen LogP contribution in [-0.2, 0) is 0 Å². The lowest BCUT2D eigenvalue weighted by molar-refractivity contribution is 0.415. The van der Waals surface area contributed by atoms with Gasteiger partial charge in [0, 0.05) is 5.39 Å². The van der Waals surface area contributed by atoms with E-state index in [-0.39, 0.29) is 0 Å². The van der Waals surface area contributed by atoms with Crippen LogP contribution in [0, 0.1) is 0 Å². The van der Waals surface area contributed by atoms with E-state index in [1.807, 2.05) is 11.6 Å². The average molecular weight is 215 g/mol. The molecule has 15 heavy (non-hydrogen) atoms. The maximum Gasteiger partial charge on any atom is 0.119 e. The molecule has 0 radical (unpaired) electrons. The van der Waals surface area contributed by atoms with Crippen molar-refractivity contribution >= 4 is 32.3 Å². The molecule has 0 saturated heterocycles. The van der Waals surface area contributed by atoms with Crippen LogP contribution in [-0.4, -0.2) is 12.1 Å². The van der Waals surface area contributed by atoms with Crippen LogP contribution in [0.5, 0.6) is 5.75 Å². The molecule has 0 aliphatic carbocycles. The Morgan fingerprint density at radius 2 is 2.07 bits per heavy atom. The van der Waals surface area contributed by atoms with E-state index in [1.54, 1.807) is 18.4 Å². The topological polar surface area (TPSA) is 22.1 Å². The number of ether oxygens (including phenoxy) is 1. The molecule has 2 aromatic carbocycles. The number of nitrogens with zero attached hydrogens (tertiary/aromatic N) is 1. The molecule has 0 aliphatic rings. The van der Waals surface area contributed by atoms with Gasteiger partial charge in [-0.25, -0.2) is 4.98 Å². The van der Waals surface area contributed by atoms with Gasteiger partial charge < -0.3 is 4.74 Å². The summed E-state index contributed by atoms with van der Waals surface area (Å²) in [6, 6.07) is 10.3. The third-order valence-electron chi connectivity index (χ3n) is 2.52. The standard InChI is InChI=1S/C12H9NOS/c1-14-9-4-2-8-3-5-11-12(10(8)6-9)15-7-13-11/h2-7H,1H3. The molecule has 0 aliphatic heterocycles. The summed E-state index contributed by atoms with van der Waals surface area (Å²) in [4.78, 5) is 4.30. The number of benzene rings is 2. The molecule has 0 fully saturated rings. The van der Waals surface area contributed by atoms with Crippen molar-refractivity contribution in [1.29, 1.82) is 0 Å². The third-order valence-corrected chi connectivity index (χ3v) is 3.40. The van der Waals surface area contributed by atoms with Crippen molar-refractivity contribution in [2.45, 2.75) is 0 Å². The second-order valence-corrected chi connectivity index (χ2v) is 4.21. The molecule has 0 unspecified atom stereocenters. The fourth-order valence-corrected chi connectivity index (χ4v) is 2.56. The summed E-state index contributed by atoms with van der Waals surface area (Å²) in [7, 11) is 1.69. The highest BCUT2D eigenvalue weighted by atomic mass is 32.1. The Morgan fingerprint density at radius 1 is 1.20 bits per heavy atom. The van der Waals surface area contributed by atoms with Crippen molar-refractivity contribution in [2.24, 2.45) is 0 Å². The molecule has 0 atom stereocenters. The smallest absolute Gasteiger partial charge is 0.119 e. The first-order valence-corrected chi connectivity index (χ1v) is 5.56. The molecule has 3 aromatic rings. The summed E-state index contributed by atoms with van der Waals surface area (Å²) in [6.45, 7) is 0. The fourth-order valence-electron chi connectivity index (χ4n) is 1.75. The van der Waals surface area contributed by atoms with Gasteiger partial charge in [0.1, 0.15) is 5.75 Å². The molecule has 0 saturated carbocycles. The van der Waals surface area contributed by atoms with Gasteiger partial charge >= 0.3 is 0 Å². The molecule has 0 amide bonds. The van der Waals surface area contributed by atoms with E-state index in [4.69, 9.17) is 4.74 Å². The lowest BCUT2D eigenvalue weighted by atomic mass is 10.1. The van der Waals surface area contributed by atoms with Crippen LogP contribution >= 0.6 is 11.3 Å². The number of methoxy groups -OCH3 is 1. The van der Waals surface area contributed by atoms with Gasteiger partial charge in [-0.2, -0.15) is 0 Å². The maximum absolute atomic E-state index is 5.23. The van der Waals surface area contributed by atoms with Crippen LogP contribution in [0.2, 0.25) is 0 Å². The zero-order valence-electron chi connectivity index (χ0n) is 8.23. The summed E-state index contributed by atoms with van der Waals surface area (Å²) >= 11 is 1.67. The largest absolute Gasteiger partial charge is 0.497 e.